The van der Waals surface area contributed by atoms with Crippen LogP contribution in [0.3, 0.4) is 0 Å². The van der Waals surface area contributed by atoms with E-state index >= 15 is 0 Å². The van der Waals surface area contributed by atoms with Gasteiger partial charge in [0, 0.05) is 16.3 Å². The summed E-state index contributed by atoms with van der Waals surface area (Å²) < 4.78 is 5.97. The second-order valence-corrected chi connectivity index (χ2v) is 8.09. The van der Waals surface area contributed by atoms with Crippen LogP contribution in [-0.4, -0.2) is 5.91 Å². The van der Waals surface area contributed by atoms with Crippen LogP contribution in [0.2, 0.25) is 5.02 Å². The summed E-state index contributed by atoms with van der Waals surface area (Å²) in [6, 6.07) is 32.8. The number of hydrogen-bond donors (Lipinski definition) is 0. The van der Waals surface area contributed by atoms with Crippen LogP contribution in [0.15, 0.2) is 103 Å². The van der Waals surface area contributed by atoms with E-state index in [2.05, 4.69) is 0 Å². The zero-order chi connectivity index (χ0) is 22.3. The van der Waals surface area contributed by atoms with Gasteiger partial charge in [0.1, 0.15) is 12.4 Å². The topological polar surface area (TPSA) is 29.5 Å². The third-order valence-electron chi connectivity index (χ3n) is 5.17. The highest BCUT2D eigenvalue weighted by Crippen LogP contribution is 2.23. The monoisotopic (exact) mass is 441 g/mol. The number of carbonyl (C=O) groups excluding carboxylic acids is 1. The maximum Gasteiger partial charge on any atom is 0.258 e. The molecule has 0 fully saturated rings. The molecule has 0 aliphatic heterocycles. The van der Waals surface area contributed by atoms with E-state index in [1.165, 1.54) is 0 Å². The predicted octanol–water partition coefficient (Wildman–Crippen LogP) is 7.07. The molecule has 32 heavy (non-hydrogen) atoms. The molecule has 0 heterocycles. The van der Waals surface area contributed by atoms with E-state index in [-0.39, 0.29) is 5.91 Å². The van der Waals surface area contributed by atoms with Crippen LogP contribution in [0.1, 0.15) is 27.0 Å². The molecule has 4 aromatic carbocycles. The minimum atomic E-state index is -0.0399. The van der Waals surface area contributed by atoms with Gasteiger partial charge >= 0.3 is 0 Å². The average molecular weight is 442 g/mol. The van der Waals surface area contributed by atoms with Crippen molar-refractivity contribution in [1.29, 1.82) is 0 Å². The molecular formula is C28H24ClNO2. The van der Waals surface area contributed by atoms with Gasteiger partial charge in [-0.25, -0.2) is 0 Å². The van der Waals surface area contributed by atoms with Gasteiger partial charge in [-0.1, -0.05) is 71.8 Å². The maximum atomic E-state index is 13.3. The van der Waals surface area contributed by atoms with Gasteiger partial charge in [-0.2, -0.15) is 0 Å². The third-order valence-corrected chi connectivity index (χ3v) is 5.42. The molecule has 3 nitrogen and oxygen atoms in total. The zero-order valence-electron chi connectivity index (χ0n) is 17.9. The van der Waals surface area contributed by atoms with E-state index in [1.807, 2.05) is 110 Å². The van der Waals surface area contributed by atoms with Gasteiger partial charge in [0.2, 0.25) is 0 Å². The Balaban J connectivity index is 1.55. The SMILES string of the molecule is Cc1ccc(N(Cc2cccc(OCc3ccc(Cl)cc3)c2)C(=O)c2ccccc2)cc1. The molecule has 0 radical (unpaired) electrons. The van der Waals surface area contributed by atoms with E-state index in [9.17, 15) is 4.79 Å². The normalized spacial score (nSPS) is 10.6. The van der Waals surface area contributed by atoms with Crippen LogP contribution in [0.25, 0.3) is 0 Å². The van der Waals surface area contributed by atoms with Gasteiger partial charge in [0.25, 0.3) is 5.91 Å². The molecule has 0 aliphatic rings. The van der Waals surface area contributed by atoms with Crippen LogP contribution in [0.4, 0.5) is 5.69 Å². The number of carbonyl (C=O) groups is 1. The first kappa shape index (κ1) is 21.7. The standard InChI is InChI=1S/C28H24ClNO2/c1-21-10-16-26(17-11-21)30(28(31)24-7-3-2-4-8-24)19-23-6-5-9-27(18-23)32-20-22-12-14-25(29)15-13-22/h2-18H,19-20H2,1H3. The minimum Gasteiger partial charge on any atom is -0.489 e. The largest absolute Gasteiger partial charge is 0.489 e. The fourth-order valence-corrected chi connectivity index (χ4v) is 3.53. The number of nitrogens with zero attached hydrogens (tertiary/aromatic N) is 1. The highest BCUT2D eigenvalue weighted by atomic mass is 35.5. The summed E-state index contributed by atoms with van der Waals surface area (Å²) in [7, 11) is 0. The summed E-state index contributed by atoms with van der Waals surface area (Å²) in [5.74, 6) is 0.718. The van der Waals surface area contributed by atoms with Crippen molar-refractivity contribution < 1.29 is 9.53 Å². The highest BCUT2D eigenvalue weighted by Gasteiger charge is 2.18. The van der Waals surface area contributed by atoms with Gasteiger partial charge in [0.15, 0.2) is 0 Å². The molecule has 160 valence electrons. The predicted molar refractivity (Wildman–Crippen MR) is 130 cm³/mol. The Labute approximate surface area is 193 Å². The van der Waals surface area contributed by atoms with E-state index in [1.54, 1.807) is 4.90 Å². The zero-order valence-corrected chi connectivity index (χ0v) is 18.6. The molecule has 0 aromatic heterocycles. The molecule has 0 bridgehead atoms. The molecule has 4 heteroatoms. The van der Waals surface area contributed by atoms with Crippen molar-refractivity contribution in [3.05, 3.63) is 130 Å². The third kappa shape index (κ3) is 5.57. The molecule has 0 saturated heterocycles. The van der Waals surface area contributed by atoms with Crippen molar-refractivity contribution in [3.8, 4) is 5.75 Å². The van der Waals surface area contributed by atoms with Crippen molar-refractivity contribution in [2.75, 3.05) is 4.90 Å². The van der Waals surface area contributed by atoms with Gasteiger partial charge in [-0.15, -0.1) is 0 Å². The molecule has 0 saturated carbocycles. The van der Waals surface area contributed by atoms with Gasteiger partial charge in [-0.3, -0.25) is 4.79 Å². The molecule has 4 aromatic rings. The van der Waals surface area contributed by atoms with E-state index in [4.69, 9.17) is 16.3 Å². The summed E-state index contributed by atoms with van der Waals surface area (Å²) in [6.45, 7) is 2.93. The lowest BCUT2D eigenvalue weighted by Gasteiger charge is -2.24. The number of hydrogen-bond acceptors (Lipinski definition) is 2. The molecule has 0 unspecified atom stereocenters. The van der Waals surface area contributed by atoms with E-state index in [0.717, 1.165) is 28.1 Å². The molecule has 1 amide bonds. The Kier molecular flexibility index (Phi) is 6.88. The number of benzene rings is 4. The number of anilines is 1. The second-order valence-electron chi connectivity index (χ2n) is 7.66. The van der Waals surface area contributed by atoms with Gasteiger partial charge in [-0.05, 0) is 66.6 Å². The Morgan fingerprint density at radius 3 is 2.25 bits per heavy atom. The lowest BCUT2D eigenvalue weighted by molar-refractivity contribution is 0.0985. The highest BCUT2D eigenvalue weighted by molar-refractivity contribution is 6.30. The van der Waals surface area contributed by atoms with Crippen molar-refractivity contribution in [1.82, 2.24) is 0 Å². The first-order chi connectivity index (χ1) is 15.6. The Hall–Kier alpha value is -3.56. The lowest BCUT2D eigenvalue weighted by Crippen LogP contribution is -2.30. The molecule has 4 rings (SSSR count). The summed E-state index contributed by atoms with van der Waals surface area (Å²) in [5, 5.41) is 0.704. The van der Waals surface area contributed by atoms with Crippen LogP contribution in [-0.2, 0) is 13.2 Å². The van der Waals surface area contributed by atoms with Crippen molar-refractivity contribution >= 4 is 23.2 Å². The molecular weight excluding hydrogens is 418 g/mol. The average Bonchev–Trinajstić information content (AvgIpc) is 2.83. The Bertz CT molecular complexity index is 1170. The van der Waals surface area contributed by atoms with Gasteiger partial charge in [0.05, 0.1) is 6.54 Å². The fraction of sp³-hybridized carbons (Fsp3) is 0.107. The number of ether oxygens (including phenoxy) is 1. The van der Waals surface area contributed by atoms with Crippen LogP contribution >= 0.6 is 11.6 Å². The molecule has 0 N–H and O–H groups in total. The molecule has 0 spiro atoms. The summed E-state index contributed by atoms with van der Waals surface area (Å²) in [6.07, 6.45) is 0. The smallest absolute Gasteiger partial charge is 0.258 e. The van der Waals surface area contributed by atoms with Crippen molar-refractivity contribution in [2.45, 2.75) is 20.1 Å². The summed E-state index contributed by atoms with van der Waals surface area (Å²) in [4.78, 5) is 15.1. The second kappa shape index (κ2) is 10.2. The van der Waals surface area contributed by atoms with Gasteiger partial charge < -0.3 is 9.64 Å². The number of halogens is 1. The number of rotatable bonds is 7. The van der Waals surface area contributed by atoms with E-state index in [0.29, 0.717) is 23.7 Å². The number of aryl methyl sites for hydroxylation is 1. The lowest BCUT2D eigenvalue weighted by atomic mass is 10.1. The van der Waals surface area contributed by atoms with Crippen LogP contribution in [0, 0.1) is 6.92 Å². The quantitative estimate of drug-likeness (QED) is 0.307. The Morgan fingerprint density at radius 2 is 1.53 bits per heavy atom. The van der Waals surface area contributed by atoms with Crippen molar-refractivity contribution in [2.24, 2.45) is 0 Å². The molecule has 0 atom stereocenters. The molecule has 0 aliphatic carbocycles. The number of amides is 1. The minimum absolute atomic E-state index is 0.0399. The van der Waals surface area contributed by atoms with E-state index < -0.39 is 0 Å². The summed E-state index contributed by atoms with van der Waals surface area (Å²) in [5.41, 5.74) is 4.70. The summed E-state index contributed by atoms with van der Waals surface area (Å²) >= 11 is 5.95. The fourth-order valence-electron chi connectivity index (χ4n) is 3.41. The van der Waals surface area contributed by atoms with Crippen molar-refractivity contribution in [3.63, 3.8) is 0 Å². The Morgan fingerprint density at radius 1 is 0.812 bits per heavy atom. The maximum absolute atomic E-state index is 13.3. The van der Waals surface area contributed by atoms with Crippen LogP contribution in [0.5, 0.6) is 5.75 Å². The first-order valence-corrected chi connectivity index (χ1v) is 10.9. The van der Waals surface area contributed by atoms with Crippen LogP contribution < -0.4 is 9.64 Å². The first-order valence-electron chi connectivity index (χ1n) is 10.5.